The molecule has 1 N–H and O–H groups in total. The molecule has 2 aromatic rings. The maximum absolute atomic E-state index is 12.3. The highest BCUT2D eigenvalue weighted by atomic mass is 32.1. The molecule has 0 atom stereocenters. The summed E-state index contributed by atoms with van der Waals surface area (Å²) in [6.07, 6.45) is 0. The van der Waals surface area contributed by atoms with Crippen molar-refractivity contribution < 1.29 is 4.74 Å². The largest absolute Gasteiger partial charge is 0.378 e. The molecule has 2 aromatic heterocycles. The van der Waals surface area contributed by atoms with E-state index >= 15 is 0 Å². The third kappa shape index (κ3) is 1.80. The van der Waals surface area contributed by atoms with E-state index in [0.717, 1.165) is 4.83 Å². The lowest BCUT2D eigenvalue weighted by Gasteiger charge is -2.29. The zero-order valence-corrected chi connectivity index (χ0v) is 10.6. The number of fused-ring (bicyclic) bond motifs is 1. The van der Waals surface area contributed by atoms with Crippen LogP contribution in [-0.4, -0.2) is 36.0 Å². The molecular weight excluding hydrogens is 258 g/mol. The second-order valence-corrected chi connectivity index (χ2v) is 5.08. The smallest absolute Gasteiger partial charge is 0.281 e. The molecule has 0 saturated carbocycles. The third-order valence-electron chi connectivity index (χ3n) is 2.77. The Labute approximate surface area is 106 Å². The maximum atomic E-state index is 12.3. The first kappa shape index (κ1) is 10.9. The number of nitrogens with zero attached hydrogens (tertiary/aromatic N) is 2. The first-order valence-corrected chi connectivity index (χ1v) is 6.62. The Hall–Kier alpha value is -1.18. The lowest BCUT2D eigenvalue weighted by Crippen LogP contribution is -2.49. The summed E-state index contributed by atoms with van der Waals surface area (Å²) in [5, 5.41) is 4.51. The predicted molar refractivity (Wildman–Crippen MR) is 70.0 cm³/mol. The van der Waals surface area contributed by atoms with Crippen molar-refractivity contribution in [1.82, 2.24) is 9.66 Å². The number of morpholine rings is 1. The van der Waals surface area contributed by atoms with Crippen molar-refractivity contribution in [2.24, 2.45) is 0 Å². The summed E-state index contributed by atoms with van der Waals surface area (Å²) >= 11 is 6.74. The van der Waals surface area contributed by atoms with E-state index in [1.165, 1.54) is 11.3 Å². The van der Waals surface area contributed by atoms with Gasteiger partial charge in [-0.15, -0.1) is 11.3 Å². The average molecular weight is 269 g/mol. The molecule has 0 amide bonds. The van der Waals surface area contributed by atoms with Gasteiger partial charge in [-0.3, -0.25) is 4.79 Å². The monoisotopic (exact) mass is 269 g/mol. The second kappa shape index (κ2) is 4.25. The maximum Gasteiger partial charge on any atom is 0.281 e. The van der Waals surface area contributed by atoms with Gasteiger partial charge in [0.2, 0.25) is 4.77 Å². The van der Waals surface area contributed by atoms with Crippen LogP contribution in [0, 0.1) is 4.77 Å². The molecule has 3 rings (SSSR count). The Morgan fingerprint density at radius 2 is 2.18 bits per heavy atom. The number of H-pyrrole nitrogens is 1. The minimum Gasteiger partial charge on any atom is -0.378 e. The molecule has 17 heavy (non-hydrogen) atoms. The zero-order chi connectivity index (χ0) is 11.8. The van der Waals surface area contributed by atoms with Crippen LogP contribution < -0.4 is 10.6 Å². The number of rotatable bonds is 1. The van der Waals surface area contributed by atoms with Gasteiger partial charge in [-0.1, -0.05) is 0 Å². The van der Waals surface area contributed by atoms with Gasteiger partial charge in [-0.25, -0.2) is 0 Å². The van der Waals surface area contributed by atoms with Crippen LogP contribution in [0.3, 0.4) is 0 Å². The highest BCUT2D eigenvalue weighted by molar-refractivity contribution is 7.71. The van der Waals surface area contributed by atoms with Gasteiger partial charge in [0.1, 0.15) is 4.83 Å². The topological polar surface area (TPSA) is 50.3 Å². The molecule has 0 spiro atoms. The van der Waals surface area contributed by atoms with Crippen molar-refractivity contribution in [1.29, 1.82) is 0 Å². The Morgan fingerprint density at radius 1 is 1.41 bits per heavy atom. The zero-order valence-electron chi connectivity index (χ0n) is 9.01. The van der Waals surface area contributed by atoms with Gasteiger partial charge in [-0.05, 0) is 23.7 Å². The summed E-state index contributed by atoms with van der Waals surface area (Å²) in [5.41, 5.74) is -0.0492. The highest BCUT2D eigenvalue weighted by Gasteiger charge is 2.15. The number of ether oxygens (including phenoxy) is 1. The molecule has 0 aromatic carbocycles. The highest BCUT2D eigenvalue weighted by Crippen LogP contribution is 2.14. The minimum absolute atomic E-state index is 0.0492. The summed E-state index contributed by atoms with van der Waals surface area (Å²) in [5.74, 6) is 0. The summed E-state index contributed by atoms with van der Waals surface area (Å²) < 4.78 is 7.27. The first-order valence-electron chi connectivity index (χ1n) is 5.33. The van der Waals surface area contributed by atoms with Crippen molar-refractivity contribution in [2.45, 2.75) is 0 Å². The van der Waals surface area contributed by atoms with Crippen LogP contribution in [0.4, 0.5) is 0 Å². The van der Waals surface area contributed by atoms with Crippen LogP contribution in [0.5, 0.6) is 0 Å². The summed E-state index contributed by atoms with van der Waals surface area (Å²) in [6, 6.07) is 1.82. The molecule has 1 fully saturated rings. The van der Waals surface area contributed by atoms with Gasteiger partial charge >= 0.3 is 0 Å². The van der Waals surface area contributed by atoms with Gasteiger partial charge in [0, 0.05) is 0 Å². The molecule has 90 valence electrons. The Morgan fingerprint density at radius 3 is 2.94 bits per heavy atom. The predicted octanol–water partition coefficient (Wildman–Crippen LogP) is 1.09. The van der Waals surface area contributed by atoms with Crippen molar-refractivity contribution in [2.75, 3.05) is 31.3 Å². The minimum atomic E-state index is -0.0492. The summed E-state index contributed by atoms with van der Waals surface area (Å²) in [7, 11) is 0. The lowest BCUT2D eigenvalue weighted by atomic mass is 10.4. The van der Waals surface area contributed by atoms with Gasteiger partial charge in [0.05, 0.1) is 31.7 Å². The second-order valence-electron chi connectivity index (χ2n) is 3.78. The van der Waals surface area contributed by atoms with Crippen LogP contribution in [0.15, 0.2) is 16.2 Å². The van der Waals surface area contributed by atoms with E-state index in [-0.39, 0.29) is 5.56 Å². The molecule has 1 aliphatic rings. The SMILES string of the molecule is O=c1c2ccsc2[nH]c(=S)n1N1CCOCC1. The fourth-order valence-electron chi connectivity index (χ4n) is 1.94. The fraction of sp³-hybridized carbons (Fsp3) is 0.400. The fourth-order valence-corrected chi connectivity index (χ4v) is 3.08. The standard InChI is InChI=1S/C10H11N3O2S2/c14-9-7-1-6-17-8(7)11-10(16)13(9)12-2-4-15-5-3-12/h1,6H,2-5H2,(H,11,16). The van der Waals surface area contributed by atoms with Gasteiger partial charge in [-0.2, -0.15) is 4.68 Å². The van der Waals surface area contributed by atoms with E-state index in [4.69, 9.17) is 17.0 Å². The normalized spacial score (nSPS) is 16.6. The molecule has 0 radical (unpaired) electrons. The van der Waals surface area contributed by atoms with Crippen LogP contribution in [0.2, 0.25) is 0 Å². The third-order valence-corrected chi connectivity index (χ3v) is 3.88. The Bertz CT molecular complexity index is 651. The molecule has 3 heterocycles. The summed E-state index contributed by atoms with van der Waals surface area (Å²) in [6.45, 7) is 2.63. The summed E-state index contributed by atoms with van der Waals surface area (Å²) in [4.78, 5) is 16.2. The molecular formula is C10H11N3O2S2. The molecule has 1 aliphatic heterocycles. The number of hydrogen-bond donors (Lipinski definition) is 1. The number of nitrogens with one attached hydrogen (secondary N) is 1. The molecule has 5 nitrogen and oxygen atoms in total. The van der Waals surface area contributed by atoms with E-state index in [1.54, 1.807) is 4.68 Å². The van der Waals surface area contributed by atoms with Crippen molar-refractivity contribution in [3.05, 3.63) is 26.6 Å². The van der Waals surface area contributed by atoms with Crippen LogP contribution in [0.1, 0.15) is 0 Å². The van der Waals surface area contributed by atoms with E-state index < -0.39 is 0 Å². The van der Waals surface area contributed by atoms with Crippen LogP contribution in [-0.2, 0) is 4.74 Å². The van der Waals surface area contributed by atoms with E-state index in [2.05, 4.69) is 4.98 Å². The van der Waals surface area contributed by atoms with Gasteiger partial charge in [0.15, 0.2) is 0 Å². The molecule has 7 heteroatoms. The van der Waals surface area contributed by atoms with Crippen molar-refractivity contribution in [3.8, 4) is 0 Å². The van der Waals surface area contributed by atoms with Gasteiger partial charge in [0.25, 0.3) is 5.56 Å². The van der Waals surface area contributed by atoms with Crippen LogP contribution in [0.25, 0.3) is 10.2 Å². The number of aromatic nitrogens is 2. The van der Waals surface area contributed by atoms with E-state index in [1.807, 2.05) is 16.5 Å². The number of hydrogen-bond acceptors (Lipinski definition) is 5. The number of aromatic amines is 1. The Balaban J connectivity index is 2.20. The average Bonchev–Trinajstić information content (AvgIpc) is 2.78. The quantitative estimate of drug-likeness (QED) is 0.787. The van der Waals surface area contributed by atoms with E-state index in [0.29, 0.717) is 36.5 Å². The van der Waals surface area contributed by atoms with Gasteiger partial charge < -0.3 is 14.7 Å². The van der Waals surface area contributed by atoms with E-state index in [9.17, 15) is 4.79 Å². The molecule has 0 unspecified atom stereocenters. The number of thiophene rings is 1. The first-order chi connectivity index (χ1) is 8.27. The Kier molecular flexibility index (Phi) is 2.73. The lowest BCUT2D eigenvalue weighted by molar-refractivity contribution is 0.110. The molecule has 1 saturated heterocycles. The molecule has 0 bridgehead atoms. The van der Waals surface area contributed by atoms with Crippen molar-refractivity contribution in [3.63, 3.8) is 0 Å². The van der Waals surface area contributed by atoms with Crippen molar-refractivity contribution >= 4 is 33.8 Å². The van der Waals surface area contributed by atoms with Crippen LogP contribution >= 0.6 is 23.6 Å². The molecule has 0 aliphatic carbocycles.